The summed E-state index contributed by atoms with van der Waals surface area (Å²) in [5.41, 5.74) is 0. The van der Waals surface area contributed by atoms with Crippen LogP contribution in [-0.2, 0) is 4.79 Å². The molecular weight excluding hydrogens is 204 g/mol. The molecule has 2 rings (SSSR count). The third-order valence-corrected chi connectivity index (χ3v) is 3.91. The van der Waals surface area contributed by atoms with Crippen molar-refractivity contribution in [3.05, 3.63) is 0 Å². The van der Waals surface area contributed by atoms with Gasteiger partial charge < -0.3 is 10.4 Å². The lowest BCUT2D eigenvalue weighted by atomic mass is 9.93. The Morgan fingerprint density at radius 1 is 1.31 bits per heavy atom. The number of amides is 1. The number of aliphatic hydroxyl groups excluding tert-OH is 1. The molecule has 1 aliphatic heterocycles. The fraction of sp³-hybridized carbons (Fsp3) is 0.917. The molecule has 16 heavy (non-hydrogen) atoms. The molecule has 0 unspecified atom stereocenters. The molecule has 4 heteroatoms. The molecule has 1 amide bonds. The van der Waals surface area contributed by atoms with Crippen molar-refractivity contribution in [3.63, 3.8) is 0 Å². The van der Waals surface area contributed by atoms with Crippen molar-refractivity contribution in [2.75, 3.05) is 13.6 Å². The standard InChI is InChI=1S/C12H22N2O2/c1-13-12(16)11-7-10(15)8-14(11)9-5-3-2-4-6-9/h9-11,15H,2-8H2,1H3,(H,13,16)/t10-,11+/m1/s1. The molecule has 0 radical (unpaired) electrons. The molecule has 1 heterocycles. The van der Waals surface area contributed by atoms with Crippen LogP contribution in [0.25, 0.3) is 0 Å². The summed E-state index contributed by atoms with van der Waals surface area (Å²) in [5.74, 6) is 0.0575. The van der Waals surface area contributed by atoms with Gasteiger partial charge in [-0.25, -0.2) is 0 Å². The maximum atomic E-state index is 11.7. The van der Waals surface area contributed by atoms with Gasteiger partial charge in [0.05, 0.1) is 12.1 Å². The number of carbonyl (C=O) groups is 1. The summed E-state index contributed by atoms with van der Waals surface area (Å²) in [6.07, 6.45) is 6.47. The average Bonchev–Trinajstić information content (AvgIpc) is 2.71. The van der Waals surface area contributed by atoms with E-state index in [-0.39, 0.29) is 18.1 Å². The Morgan fingerprint density at radius 3 is 2.62 bits per heavy atom. The van der Waals surface area contributed by atoms with E-state index in [1.165, 1.54) is 32.1 Å². The molecule has 2 N–H and O–H groups in total. The van der Waals surface area contributed by atoms with Crippen LogP contribution in [0.3, 0.4) is 0 Å². The third-order valence-electron chi connectivity index (χ3n) is 3.91. The number of rotatable bonds is 2. The average molecular weight is 226 g/mol. The zero-order valence-corrected chi connectivity index (χ0v) is 9.98. The van der Waals surface area contributed by atoms with Crippen LogP contribution in [0.4, 0.5) is 0 Å². The van der Waals surface area contributed by atoms with E-state index >= 15 is 0 Å². The third kappa shape index (κ3) is 2.38. The molecule has 0 bridgehead atoms. The van der Waals surface area contributed by atoms with E-state index in [2.05, 4.69) is 10.2 Å². The summed E-state index contributed by atoms with van der Waals surface area (Å²) >= 11 is 0. The second-order valence-electron chi connectivity index (χ2n) is 5.01. The van der Waals surface area contributed by atoms with Gasteiger partial charge in [0.1, 0.15) is 0 Å². The maximum absolute atomic E-state index is 11.7. The smallest absolute Gasteiger partial charge is 0.237 e. The predicted octanol–water partition coefficient (Wildman–Crippen LogP) is 0.500. The number of β-amino-alcohol motifs (C(OH)–C–C–N with tert-alkyl or cyclic N) is 1. The van der Waals surface area contributed by atoms with Gasteiger partial charge in [-0.3, -0.25) is 9.69 Å². The minimum Gasteiger partial charge on any atom is -0.392 e. The highest BCUT2D eigenvalue weighted by Crippen LogP contribution is 2.29. The topological polar surface area (TPSA) is 52.6 Å². The molecule has 4 nitrogen and oxygen atoms in total. The van der Waals surface area contributed by atoms with E-state index < -0.39 is 0 Å². The minimum atomic E-state index is -0.329. The molecule has 0 aromatic carbocycles. The van der Waals surface area contributed by atoms with E-state index in [9.17, 15) is 9.90 Å². The second-order valence-corrected chi connectivity index (χ2v) is 5.01. The van der Waals surface area contributed by atoms with Gasteiger partial charge in [-0.1, -0.05) is 19.3 Å². The van der Waals surface area contributed by atoms with Crippen LogP contribution >= 0.6 is 0 Å². The number of nitrogens with zero attached hydrogens (tertiary/aromatic N) is 1. The van der Waals surface area contributed by atoms with Gasteiger partial charge in [-0.15, -0.1) is 0 Å². The van der Waals surface area contributed by atoms with Crippen molar-refractivity contribution in [1.29, 1.82) is 0 Å². The van der Waals surface area contributed by atoms with Crippen LogP contribution in [0.5, 0.6) is 0 Å². The zero-order chi connectivity index (χ0) is 11.5. The van der Waals surface area contributed by atoms with Crippen LogP contribution < -0.4 is 5.32 Å². The fourth-order valence-corrected chi connectivity index (χ4v) is 3.08. The van der Waals surface area contributed by atoms with Gasteiger partial charge >= 0.3 is 0 Å². The Hall–Kier alpha value is -0.610. The van der Waals surface area contributed by atoms with E-state index in [0.29, 0.717) is 19.0 Å². The van der Waals surface area contributed by atoms with Gasteiger partial charge in [-0.2, -0.15) is 0 Å². The molecule has 2 aliphatic rings. The number of likely N-dealkylation sites (tertiary alicyclic amines) is 1. The zero-order valence-electron chi connectivity index (χ0n) is 9.98. The van der Waals surface area contributed by atoms with Gasteiger partial charge in [0.15, 0.2) is 0 Å². The monoisotopic (exact) mass is 226 g/mol. The van der Waals surface area contributed by atoms with Crippen molar-refractivity contribution < 1.29 is 9.90 Å². The lowest BCUT2D eigenvalue weighted by Gasteiger charge is -2.34. The molecule has 0 aromatic heterocycles. The first kappa shape index (κ1) is 11.9. The largest absolute Gasteiger partial charge is 0.392 e. The SMILES string of the molecule is CNC(=O)[C@@H]1C[C@@H](O)CN1C1CCCCC1. The Labute approximate surface area is 97.0 Å². The van der Waals surface area contributed by atoms with Crippen LogP contribution in [0.1, 0.15) is 38.5 Å². The molecule has 1 saturated carbocycles. The van der Waals surface area contributed by atoms with Crippen molar-refractivity contribution in [2.24, 2.45) is 0 Å². The summed E-state index contributed by atoms with van der Waals surface area (Å²) in [7, 11) is 1.67. The first-order chi connectivity index (χ1) is 7.72. The number of likely N-dealkylation sites (N-methyl/N-ethyl adjacent to an activating group) is 1. The van der Waals surface area contributed by atoms with Crippen molar-refractivity contribution in [1.82, 2.24) is 10.2 Å². The minimum absolute atomic E-state index is 0.0575. The molecule has 2 fully saturated rings. The van der Waals surface area contributed by atoms with E-state index in [1.54, 1.807) is 7.05 Å². The maximum Gasteiger partial charge on any atom is 0.237 e. The van der Waals surface area contributed by atoms with Crippen LogP contribution in [-0.4, -0.2) is 47.7 Å². The van der Waals surface area contributed by atoms with Crippen molar-refractivity contribution in [2.45, 2.75) is 56.7 Å². The highest BCUT2D eigenvalue weighted by Gasteiger charge is 2.39. The Morgan fingerprint density at radius 2 is 2.00 bits per heavy atom. The summed E-state index contributed by atoms with van der Waals surface area (Å²) in [4.78, 5) is 14.0. The summed E-state index contributed by atoms with van der Waals surface area (Å²) in [6, 6.07) is 0.399. The van der Waals surface area contributed by atoms with E-state index in [4.69, 9.17) is 0 Å². The lowest BCUT2D eigenvalue weighted by Crippen LogP contribution is -2.47. The lowest BCUT2D eigenvalue weighted by molar-refractivity contribution is -0.125. The molecule has 1 aliphatic carbocycles. The van der Waals surface area contributed by atoms with Gasteiger partial charge in [0.2, 0.25) is 5.91 Å². The highest BCUT2D eigenvalue weighted by atomic mass is 16.3. The quantitative estimate of drug-likeness (QED) is 0.721. The van der Waals surface area contributed by atoms with Gasteiger partial charge in [0, 0.05) is 19.6 Å². The first-order valence-corrected chi connectivity index (χ1v) is 6.37. The fourth-order valence-electron chi connectivity index (χ4n) is 3.08. The van der Waals surface area contributed by atoms with E-state index in [0.717, 1.165) is 0 Å². The summed E-state index contributed by atoms with van der Waals surface area (Å²) in [6.45, 7) is 0.669. The van der Waals surface area contributed by atoms with Gasteiger partial charge in [0.25, 0.3) is 0 Å². The Balaban J connectivity index is 2.02. The summed E-state index contributed by atoms with van der Waals surface area (Å²) in [5, 5.41) is 12.4. The first-order valence-electron chi connectivity index (χ1n) is 6.37. The second kappa shape index (κ2) is 5.15. The number of aliphatic hydroxyl groups is 1. The number of nitrogens with one attached hydrogen (secondary N) is 1. The van der Waals surface area contributed by atoms with E-state index in [1.807, 2.05) is 0 Å². The van der Waals surface area contributed by atoms with Crippen molar-refractivity contribution >= 4 is 5.91 Å². The number of hydrogen-bond acceptors (Lipinski definition) is 3. The van der Waals surface area contributed by atoms with Gasteiger partial charge in [-0.05, 0) is 19.3 Å². The molecule has 0 aromatic rings. The Bertz CT molecular complexity index is 251. The molecule has 92 valence electrons. The summed E-state index contributed by atoms with van der Waals surface area (Å²) < 4.78 is 0. The highest BCUT2D eigenvalue weighted by molar-refractivity contribution is 5.81. The molecule has 0 spiro atoms. The van der Waals surface area contributed by atoms with Crippen LogP contribution in [0, 0.1) is 0 Å². The van der Waals surface area contributed by atoms with Crippen molar-refractivity contribution in [3.8, 4) is 0 Å². The molecule has 2 atom stereocenters. The van der Waals surface area contributed by atoms with Crippen LogP contribution in [0.15, 0.2) is 0 Å². The number of carbonyl (C=O) groups excluding carboxylic acids is 1. The number of hydrogen-bond donors (Lipinski definition) is 2. The Kier molecular flexibility index (Phi) is 3.82. The molecule has 1 saturated heterocycles. The normalized spacial score (nSPS) is 32.9. The predicted molar refractivity (Wildman–Crippen MR) is 62.1 cm³/mol. The molecular formula is C12H22N2O2. The van der Waals surface area contributed by atoms with Crippen LogP contribution in [0.2, 0.25) is 0 Å².